The molecule has 0 aliphatic rings. The summed E-state index contributed by atoms with van der Waals surface area (Å²) in [6, 6.07) is 21.9. The van der Waals surface area contributed by atoms with Crippen LogP contribution in [0.2, 0.25) is 0 Å². The molecule has 0 fully saturated rings. The van der Waals surface area contributed by atoms with Gasteiger partial charge in [-0.3, -0.25) is 4.79 Å². The van der Waals surface area contributed by atoms with Crippen LogP contribution in [0, 0.1) is 17.4 Å². The van der Waals surface area contributed by atoms with Gasteiger partial charge in [-0.05, 0) is 77.4 Å². The molecule has 0 heterocycles. The molecule has 0 aliphatic carbocycles. The van der Waals surface area contributed by atoms with Gasteiger partial charge < -0.3 is 4.74 Å². The Morgan fingerprint density at radius 1 is 1.07 bits per heavy atom. The number of hydrogen-bond acceptors (Lipinski definition) is 3. The standard InChI is InChI=1S/C24H23IN2O2/c1-17-7-10-20(18(2)13-17)14-24(28)27-26-15-21-5-3-4-6-23(21)29-16-19-8-11-22(25)12-9-19/h3-13,15H,14,16H2,1-2H3,(H,27,28)/b26-15+. The predicted molar refractivity (Wildman–Crippen MR) is 125 cm³/mol. The van der Waals surface area contributed by atoms with Gasteiger partial charge in [0.1, 0.15) is 12.4 Å². The first-order valence-electron chi connectivity index (χ1n) is 9.35. The average molecular weight is 498 g/mol. The van der Waals surface area contributed by atoms with E-state index in [0.29, 0.717) is 13.0 Å². The number of rotatable bonds is 7. The van der Waals surface area contributed by atoms with Crippen LogP contribution >= 0.6 is 22.6 Å². The smallest absolute Gasteiger partial charge is 0.244 e. The van der Waals surface area contributed by atoms with Gasteiger partial charge in [0, 0.05) is 9.13 Å². The van der Waals surface area contributed by atoms with E-state index in [4.69, 9.17) is 4.74 Å². The zero-order chi connectivity index (χ0) is 20.6. The van der Waals surface area contributed by atoms with E-state index < -0.39 is 0 Å². The molecule has 3 aromatic rings. The first-order chi connectivity index (χ1) is 14.0. The number of benzene rings is 3. The minimum absolute atomic E-state index is 0.148. The molecule has 4 nitrogen and oxygen atoms in total. The maximum Gasteiger partial charge on any atom is 0.244 e. The molecule has 1 amide bonds. The van der Waals surface area contributed by atoms with Crippen LogP contribution < -0.4 is 10.2 Å². The molecule has 0 aromatic heterocycles. The summed E-state index contributed by atoms with van der Waals surface area (Å²) in [4.78, 5) is 12.2. The molecule has 0 spiro atoms. The number of carbonyl (C=O) groups excluding carboxylic acids is 1. The van der Waals surface area contributed by atoms with E-state index in [1.54, 1.807) is 6.21 Å². The molecule has 3 aromatic carbocycles. The van der Waals surface area contributed by atoms with Gasteiger partial charge in [0.25, 0.3) is 0 Å². The number of nitrogens with zero attached hydrogens (tertiary/aromatic N) is 1. The van der Waals surface area contributed by atoms with Crippen molar-refractivity contribution in [3.8, 4) is 5.75 Å². The topological polar surface area (TPSA) is 50.7 Å². The lowest BCUT2D eigenvalue weighted by Crippen LogP contribution is -2.20. The van der Waals surface area contributed by atoms with Crippen LogP contribution in [0.25, 0.3) is 0 Å². The molecule has 0 saturated carbocycles. The van der Waals surface area contributed by atoms with Gasteiger partial charge in [-0.15, -0.1) is 0 Å². The Labute approximate surface area is 185 Å². The fourth-order valence-corrected chi connectivity index (χ4v) is 3.25. The Kier molecular flexibility index (Phi) is 7.41. The quantitative estimate of drug-likeness (QED) is 0.277. The molecule has 1 N–H and O–H groups in total. The molecule has 148 valence electrons. The third-order valence-corrected chi connectivity index (χ3v) is 5.19. The highest BCUT2D eigenvalue weighted by atomic mass is 127. The summed E-state index contributed by atoms with van der Waals surface area (Å²) in [6.45, 7) is 4.53. The van der Waals surface area contributed by atoms with Crippen molar-refractivity contribution in [3.05, 3.63) is 98.1 Å². The summed E-state index contributed by atoms with van der Waals surface area (Å²) in [7, 11) is 0. The lowest BCUT2D eigenvalue weighted by molar-refractivity contribution is -0.120. The van der Waals surface area contributed by atoms with Crippen LogP contribution in [0.5, 0.6) is 5.75 Å². The highest BCUT2D eigenvalue weighted by Gasteiger charge is 2.06. The molecule has 0 unspecified atom stereocenters. The van der Waals surface area contributed by atoms with Crippen molar-refractivity contribution in [2.75, 3.05) is 0 Å². The van der Waals surface area contributed by atoms with Crippen LogP contribution in [0.3, 0.4) is 0 Å². The number of halogens is 1. The highest BCUT2D eigenvalue weighted by Crippen LogP contribution is 2.18. The van der Waals surface area contributed by atoms with Gasteiger partial charge in [0.2, 0.25) is 5.91 Å². The van der Waals surface area contributed by atoms with Gasteiger partial charge in [0.15, 0.2) is 0 Å². The van der Waals surface area contributed by atoms with Gasteiger partial charge in [-0.2, -0.15) is 5.10 Å². The van der Waals surface area contributed by atoms with Gasteiger partial charge >= 0.3 is 0 Å². The third-order valence-electron chi connectivity index (χ3n) is 4.47. The molecule has 5 heteroatoms. The van der Waals surface area contributed by atoms with Crippen LogP contribution in [-0.4, -0.2) is 12.1 Å². The molecule has 0 atom stereocenters. The number of amides is 1. The Hall–Kier alpha value is -2.67. The summed E-state index contributed by atoms with van der Waals surface area (Å²) in [5.41, 5.74) is 7.81. The number of ether oxygens (including phenoxy) is 1. The molecular weight excluding hydrogens is 475 g/mol. The predicted octanol–water partition coefficient (Wildman–Crippen LogP) is 5.18. The monoisotopic (exact) mass is 498 g/mol. The minimum atomic E-state index is -0.148. The highest BCUT2D eigenvalue weighted by molar-refractivity contribution is 14.1. The van der Waals surface area contributed by atoms with Crippen molar-refractivity contribution in [2.24, 2.45) is 5.10 Å². The van der Waals surface area contributed by atoms with Gasteiger partial charge in [-0.25, -0.2) is 5.43 Å². The zero-order valence-electron chi connectivity index (χ0n) is 16.5. The average Bonchev–Trinajstić information content (AvgIpc) is 2.70. The van der Waals surface area contributed by atoms with E-state index in [-0.39, 0.29) is 5.91 Å². The summed E-state index contributed by atoms with van der Waals surface area (Å²) < 4.78 is 7.13. The number of hydrazone groups is 1. The lowest BCUT2D eigenvalue weighted by atomic mass is 10.0. The SMILES string of the molecule is Cc1ccc(CC(=O)N/N=C/c2ccccc2OCc2ccc(I)cc2)c(C)c1. The van der Waals surface area contributed by atoms with Crippen molar-refractivity contribution in [2.45, 2.75) is 26.9 Å². The van der Waals surface area contributed by atoms with E-state index in [1.165, 1.54) is 9.13 Å². The molecule has 0 bridgehead atoms. The number of hydrogen-bond donors (Lipinski definition) is 1. The van der Waals surface area contributed by atoms with E-state index in [2.05, 4.69) is 51.3 Å². The molecule has 0 radical (unpaired) electrons. The van der Waals surface area contributed by atoms with E-state index >= 15 is 0 Å². The Balaban J connectivity index is 1.58. The molecule has 0 aliphatic heterocycles. The Morgan fingerprint density at radius 2 is 1.83 bits per heavy atom. The summed E-state index contributed by atoms with van der Waals surface area (Å²) >= 11 is 2.28. The second kappa shape index (κ2) is 10.2. The van der Waals surface area contributed by atoms with Crippen molar-refractivity contribution in [1.82, 2.24) is 5.43 Å². The van der Waals surface area contributed by atoms with E-state index in [0.717, 1.165) is 28.0 Å². The maximum absolute atomic E-state index is 12.2. The van der Waals surface area contributed by atoms with Crippen molar-refractivity contribution in [1.29, 1.82) is 0 Å². The molecular formula is C24H23IN2O2. The van der Waals surface area contributed by atoms with Crippen LogP contribution in [0.1, 0.15) is 27.8 Å². The number of aryl methyl sites for hydroxylation is 2. The fourth-order valence-electron chi connectivity index (χ4n) is 2.89. The van der Waals surface area contributed by atoms with E-state index in [9.17, 15) is 4.79 Å². The summed E-state index contributed by atoms with van der Waals surface area (Å²) in [6.07, 6.45) is 1.91. The molecule has 3 rings (SSSR count). The Bertz CT molecular complexity index is 1010. The van der Waals surface area contributed by atoms with Crippen LogP contribution in [-0.2, 0) is 17.8 Å². The maximum atomic E-state index is 12.2. The second-order valence-corrected chi connectivity index (χ2v) is 8.10. The molecule has 29 heavy (non-hydrogen) atoms. The zero-order valence-corrected chi connectivity index (χ0v) is 18.6. The minimum Gasteiger partial charge on any atom is -0.488 e. The van der Waals surface area contributed by atoms with Gasteiger partial charge in [0.05, 0.1) is 12.6 Å². The fraction of sp³-hybridized carbons (Fsp3) is 0.167. The molecule has 0 saturated heterocycles. The Morgan fingerprint density at radius 3 is 2.59 bits per heavy atom. The van der Waals surface area contributed by atoms with Crippen molar-refractivity contribution in [3.63, 3.8) is 0 Å². The first-order valence-corrected chi connectivity index (χ1v) is 10.4. The normalized spacial score (nSPS) is 10.9. The second-order valence-electron chi connectivity index (χ2n) is 6.85. The van der Waals surface area contributed by atoms with Crippen LogP contribution in [0.15, 0.2) is 71.8 Å². The van der Waals surface area contributed by atoms with Crippen molar-refractivity contribution >= 4 is 34.7 Å². The van der Waals surface area contributed by atoms with Gasteiger partial charge in [-0.1, -0.05) is 48.0 Å². The van der Waals surface area contributed by atoms with E-state index in [1.807, 2.05) is 62.4 Å². The van der Waals surface area contributed by atoms with Crippen LogP contribution in [0.4, 0.5) is 0 Å². The number of carbonyl (C=O) groups is 1. The summed E-state index contributed by atoms with van der Waals surface area (Å²) in [5, 5.41) is 4.11. The first kappa shape index (κ1) is 21.0. The number of para-hydroxylation sites is 1. The number of nitrogens with one attached hydrogen (secondary N) is 1. The lowest BCUT2D eigenvalue weighted by Gasteiger charge is -2.09. The summed E-state index contributed by atoms with van der Waals surface area (Å²) in [5.74, 6) is 0.573. The third kappa shape index (κ3) is 6.42. The largest absolute Gasteiger partial charge is 0.488 e. The van der Waals surface area contributed by atoms with Crippen molar-refractivity contribution < 1.29 is 9.53 Å².